The average molecular weight is 334 g/mol. The highest BCUT2D eigenvalue weighted by molar-refractivity contribution is 7.71. The molecule has 1 aromatic carbocycles. The zero-order chi connectivity index (χ0) is 16.8. The maximum atomic E-state index is 5.65. The van der Waals surface area contributed by atoms with E-state index in [-0.39, 0.29) is 5.92 Å². The van der Waals surface area contributed by atoms with Crippen LogP contribution in [-0.4, -0.2) is 34.8 Å². The number of methoxy groups -OCH3 is 1. The molecule has 1 aromatic heterocycles. The Labute approximate surface area is 141 Å². The number of ether oxygens (including phenoxy) is 2. The first kappa shape index (κ1) is 17.2. The zero-order valence-electron chi connectivity index (χ0n) is 13.9. The van der Waals surface area contributed by atoms with Gasteiger partial charge >= 0.3 is 0 Å². The fourth-order valence-corrected chi connectivity index (χ4v) is 2.20. The molecule has 0 atom stereocenters. The van der Waals surface area contributed by atoms with E-state index in [1.54, 1.807) is 18.0 Å². The number of rotatable bonds is 7. The quantitative estimate of drug-likeness (QED) is 0.619. The maximum absolute atomic E-state index is 5.65. The van der Waals surface area contributed by atoms with Crippen LogP contribution in [0.15, 0.2) is 23.3 Å². The second-order valence-corrected chi connectivity index (χ2v) is 5.74. The van der Waals surface area contributed by atoms with Gasteiger partial charge in [-0.1, -0.05) is 20.8 Å². The first-order valence-corrected chi connectivity index (χ1v) is 8.00. The molecule has 7 heteroatoms. The van der Waals surface area contributed by atoms with Gasteiger partial charge in [-0.15, -0.1) is 0 Å². The van der Waals surface area contributed by atoms with Crippen LogP contribution in [0.5, 0.6) is 11.5 Å². The normalized spacial score (nSPS) is 11.3. The Morgan fingerprint density at radius 2 is 2.17 bits per heavy atom. The number of H-pyrrole nitrogens is 1. The molecule has 6 nitrogen and oxygen atoms in total. The minimum Gasteiger partial charge on any atom is -0.493 e. The average Bonchev–Trinajstić information content (AvgIpc) is 2.92. The van der Waals surface area contributed by atoms with Crippen molar-refractivity contribution in [1.82, 2.24) is 14.9 Å². The number of nitrogens with zero attached hydrogens (tertiary/aromatic N) is 3. The molecule has 1 heterocycles. The molecule has 0 spiro atoms. The lowest BCUT2D eigenvalue weighted by Crippen LogP contribution is -2.01. The van der Waals surface area contributed by atoms with Crippen molar-refractivity contribution in [3.63, 3.8) is 0 Å². The molecule has 0 unspecified atom stereocenters. The molecule has 0 aliphatic carbocycles. The van der Waals surface area contributed by atoms with E-state index >= 15 is 0 Å². The summed E-state index contributed by atoms with van der Waals surface area (Å²) in [6, 6.07) is 5.69. The molecular formula is C16H22N4O2S. The second-order valence-electron chi connectivity index (χ2n) is 5.36. The topological polar surface area (TPSA) is 64.4 Å². The number of hydrogen-bond acceptors (Lipinski definition) is 5. The number of benzene rings is 1. The highest BCUT2D eigenvalue weighted by Gasteiger charge is 2.09. The van der Waals surface area contributed by atoms with E-state index in [0.717, 1.165) is 23.6 Å². The molecule has 23 heavy (non-hydrogen) atoms. The van der Waals surface area contributed by atoms with Gasteiger partial charge in [0.2, 0.25) is 4.77 Å². The Kier molecular flexibility index (Phi) is 5.92. The van der Waals surface area contributed by atoms with Gasteiger partial charge in [-0.3, -0.25) is 5.10 Å². The van der Waals surface area contributed by atoms with Crippen LogP contribution < -0.4 is 9.47 Å². The van der Waals surface area contributed by atoms with Crippen LogP contribution in [0, 0.1) is 4.77 Å². The number of nitrogens with one attached hydrogen (secondary N) is 1. The van der Waals surface area contributed by atoms with Crippen molar-refractivity contribution in [2.24, 2.45) is 5.10 Å². The third-order valence-corrected chi connectivity index (χ3v) is 3.43. The van der Waals surface area contributed by atoms with Gasteiger partial charge in [0, 0.05) is 5.92 Å². The number of aromatic amines is 1. The lowest BCUT2D eigenvalue weighted by molar-refractivity contribution is 0.294. The largest absolute Gasteiger partial charge is 0.493 e. The second kappa shape index (κ2) is 7.92. The van der Waals surface area contributed by atoms with E-state index in [0.29, 0.717) is 17.1 Å². The Morgan fingerprint density at radius 1 is 1.39 bits per heavy atom. The Morgan fingerprint density at radius 3 is 2.83 bits per heavy atom. The van der Waals surface area contributed by atoms with Crippen molar-refractivity contribution in [3.8, 4) is 11.5 Å². The monoisotopic (exact) mass is 334 g/mol. The fraction of sp³-hybridized carbons (Fsp3) is 0.438. The van der Waals surface area contributed by atoms with E-state index in [2.05, 4.69) is 22.2 Å². The first-order chi connectivity index (χ1) is 11.1. The summed E-state index contributed by atoms with van der Waals surface area (Å²) in [6.45, 7) is 6.81. The van der Waals surface area contributed by atoms with Gasteiger partial charge in [-0.25, -0.2) is 0 Å². The van der Waals surface area contributed by atoms with Crippen molar-refractivity contribution in [1.29, 1.82) is 0 Å². The van der Waals surface area contributed by atoms with Gasteiger partial charge in [0.05, 0.1) is 19.9 Å². The van der Waals surface area contributed by atoms with Crippen LogP contribution in [0.2, 0.25) is 0 Å². The van der Waals surface area contributed by atoms with Gasteiger partial charge < -0.3 is 9.47 Å². The Bertz CT molecular complexity index is 734. The van der Waals surface area contributed by atoms with Gasteiger partial charge in [0.25, 0.3) is 0 Å². The van der Waals surface area contributed by atoms with Crippen LogP contribution in [0.1, 0.15) is 44.5 Å². The summed E-state index contributed by atoms with van der Waals surface area (Å²) in [5.74, 6) is 2.43. The standard InChI is InChI=1S/C16H22N4O2S/c1-5-8-22-13-7-6-12(9-14(13)21-4)10-17-20-15(11(2)3)18-19-16(20)23/h6-7,9-11H,5,8H2,1-4H3,(H,19,23)/b17-10+. The van der Waals surface area contributed by atoms with E-state index in [4.69, 9.17) is 21.7 Å². The molecular weight excluding hydrogens is 312 g/mol. The highest BCUT2D eigenvalue weighted by atomic mass is 32.1. The summed E-state index contributed by atoms with van der Waals surface area (Å²) in [4.78, 5) is 0. The molecule has 0 bridgehead atoms. The third-order valence-electron chi connectivity index (χ3n) is 3.16. The number of aromatic nitrogens is 3. The minimum absolute atomic E-state index is 0.222. The van der Waals surface area contributed by atoms with Crippen LogP contribution >= 0.6 is 12.2 Å². The van der Waals surface area contributed by atoms with E-state index in [9.17, 15) is 0 Å². The van der Waals surface area contributed by atoms with Crippen molar-refractivity contribution in [2.45, 2.75) is 33.1 Å². The summed E-state index contributed by atoms with van der Waals surface area (Å²) >= 11 is 5.21. The Balaban J connectivity index is 2.26. The van der Waals surface area contributed by atoms with Gasteiger partial charge in [0.15, 0.2) is 17.3 Å². The Hall–Kier alpha value is -2.15. The van der Waals surface area contributed by atoms with Crippen LogP contribution in [-0.2, 0) is 0 Å². The maximum Gasteiger partial charge on any atom is 0.216 e. The molecule has 1 N–H and O–H groups in total. The summed E-state index contributed by atoms with van der Waals surface area (Å²) in [5, 5.41) is 11.4. The summed E-state index contributed by atoms with van der Waals surface area (Å²) < 4.78 is 13.1. The predicted octanol–water partition coefficient (Wildman–Crippen LogP) is 3.74. The van der Waals surface area contributed by atoms with Gasteiger partial charge in [-0.2, -0.15) is 14.9 Å². The minimum atomic E-state index is 0.222. The highest BCUT2D eigenvalue weighted by Crippen LogP contribution is 2.27. The molecule has 0 fully saturated rings. The lowest BCUT2D eigenvalue weighted by Gasteiger charge is -2.10. The summed E-state index contributed by atoms with van der Waals surface area (Å²) in [5.41, 5.74) is 0.892. The molecule has 2 aromatic rings. The molecule has 0 amide bonds. The summed E-state index contributed by atoms with van der Waals surface area (Å²) in [7, 11) is 1.62. The number of hydrogen-bond donors (Lipinski definition) is 1. The molecule has 0 saturated heterocycles. The van der Waals surface area contributed by atoms with E-state index in [1.165, 1.54) is 0 Å². The molecule has 0 aliphatic rings. The van der Waals surface area contributed by atoms with Crippen LogP contribution in [0.4, 0.5) is 0 Å². The summed E-state index contributed by atoms with van der Waals surface area (Å²) in [6.07, 6.45) is 2.67. The zero-order valence-corrected chi connectivity index (χ0v) is 14.7. The van der Waals surface area contributed by atoms with Crippen molar-refractivity contribution in [2.75, 3.05) is 13.7 Å². The van der Waals surface area contributed by atoms with Gasteiger partial charge in [-0.05, 0) is 42.4 Å². The lowest BCUT2D eigenvalue weighted by atomic mass is 10.2. The van der Waals surface area contributed by atoms with E-state index < -0.39 is 0 Å². The molecule has 0 radical (unpaired) electrons. The molecule has 2 rings (SSSR count). The van der Waals surface area contributed by atoms with Crippen LogP contribution in [0.25, 0.3) is 0 Å². The van der Waals surface area contributed by atoms with Crippen molar-refractivity contribution < 1.29 is 9.47 Å². The molecule has 124 valence electrons. The smallest absolute Gasteiger partial charge is 0.216 e. The van der Waals surface area contributed by atoms with Gasteiger partial charge in [0.1, 0.15) is 0 Å². The van der Waals surface area contributed by atoms with Crippen molar-refractivity contribution >= 4 is 18.4 Å². The van der Waals surface area contributed by atoms with Crippen molar-refractivity contribution in [3.05, 3.63) is 34.4 Å². The first-order valence-electron chi connectivity index (χ1n) is 7.59. The predicted molar refractivity (Wildman–Crippen MR) is 93.3 cm³/mol. The van der Waals surface area contributed by atoms with E-state index in [1.807, 2.05) is 32.0 Å². The third kappa shape index (κ3) is 4.19. The fourth-order valence-electron chi connectivity index (χ4n) is 2.01. The van der Waals surface area contributed by atoms with Crippen LogP contribution in [0.3, 0.4) is 0 Å². The SMILES string of the molecule is CCCOc1ccc(/C=N/n2c(C(C)C)n[nH]c2=S)cc1OC. The molecule has 0 saturated carbocycles. The molecule has 0 aliphatic heterocycles.